The van der Waals surface area contributed by atoms with Crippen molar-refractivity contribution in [3.63, 3.8) is 0 Å². The van der Waals surface area contributed by atoms with E-state index in [1.54, 1.807) is 6.20 Å². The van der Waals surface area contributed by atoms with Crippen LogP contribution in [0.1, 0.15) is 12.1 Å². The van der Waals surface area contributed by atoms with Gasteiger partial charge in [-0.3, -0.25) is 10.4 Å². The monoisotopic (exact) mass is 290 g/mol. The molecule has 0 spiro atoms. The molecule has 2 aliphatic heterocycles. The molecule has 0 amide bonds. The summed E-state index contributed by atoms with van der Waals surface area (Å²) < 4.78 is 0. The quantitative estimate of drug-likeness (QED) is 0.513. The molecule has 3 N–H and O–H groups in total. The normalized spacial score (nSPS) is 20.2. The van der Waals surface area contributed by atoms with Crippen LogP contribution in [0.2, 0.25) is 0 Å². The summed E-state index contributed by atoms with van der Waals surface area (Å²) in [6, 6.07) is 3.94. The zero-order valence-corrected chi connectivity index (χ0v) is 12.0. The minimum absolute atomic E-state index is 0.690. The lowest BCUT2D eigenvalue weighted by molar-refractivity contribution is 0.353. The predicted molar refractivity (Wildman–Crippen MR) is 84.1 cm³/mol. The maximum atomic E-state index is 5.38. The molecule has 0 saturated carbocycles. The number of hydrogen-bond donors (Lipinski definition) is 3. The highest BCUT2D eigenvalue weighted by Gasteiger charge is 2.17. The minimum Gasteiger partial charge on any atom is -0.383 e. The van der Waals surface area contributed by atoms with Gasteiger partial charge in [-0.05, 0) is 24.4 Å². The Morgan fingerprint density at radius 2 is 2.20 bits per heavy atom. The van der Waals surface area contributed by atoms with Gasteiger partial charge in [-0.25, -0.2) is 0 Å². The van der Waals surface area contributed by atoms with Crippen LogP contribution in [0, 0.1) is 0 Å². The second-order valence-electron chi connectivity index (χ2n) is 4.79. The Hall–Kier alpha value is -1.73. The van der Waals surface area contributed by atoms with Gasteiger partial charge in [0.05, 0.1) is 11.4 Å². The van der Waals surface area contributed by atoms with Crippen molar-refractivity contribution in [2.24, 2.45) is 5.10 Å². The molecule has 3 heterocycles. The molecule has 1 saturated heterocycles. The third-order valence-corrected chi connectivity index (χ3v) is 3.80. The molecule has 3 rings (SSSR count). The van der Waals surface area contributed by atoms with Crippen LogP contribution >= 0.6 is 12.2 Å². The molecule has 0 radical (unpaired) electrons. The molecule has 0 bridgehead atoms. The van der Waals surface area contributed by atoms with Crippen molar-refractivity contribution in [1.82, 2.24) is 20.6 Å². The molecule has 0 aromatic carbocycles. The SMILES string of the molecule is S=C(N/N=C1/CCNc2cccnc21)N1CCNCC1. The van der Waals surface area contributed by atoms with Gasteiger partial charge in [0.1, 0.15) is 5.69 Å². The number of piperazine rings is 1. The fraction of sp³-hybridized carbons (Fsp3) is 0.462. The highest BCUT2D eigenvalue weighted by molar-refractivity contribution is 7.80. The number of hydrogen-bond acceptors (Lipinski definition) is 5. The lowest BCUT2D eigenvalue weighted by Crippen LogP contribution is -2.49. The van der Waals surface area contributed by atoms with Crippen molar-refractivity contribution in [2.45, 2.75) is 6.42 Å². The molecule has 2 aliphatic rings. The summed E-state index contributed by atoms with van der Waals surface area (Å²) in [6.45, 7) is 4.65. The van der Waals surface area contributed by atoms with Crippen LogP contribution in [-0.2, 0) is 0 Å². The number of pyridine rings is 1. The number of anilines is 1. The largest absolute Gasteiger partial charge is 0.383 e. The third kappa shape index (κ3) is 2.88. The van der Waals surface area contributed by atoms with Gasteiger partial charge in [-0.1, -0.05) is 0 Å². The Kier molecular flexibility index (Phi) is 4.08. The van der Waals surface area contributed by atoms with Crippen LogP contribution in [0.3, 0.4) is 0 Å². The summed E-state index contributed by atoms with van der Waals surface area (Å²) in [5, 5.41) is 11.8. The summed E-state index contributed by atoms with van der Waals surface area (Å²) in [7, 11) is 0. The molecule has 106 valence electrons. The number of aromatic nitrogens is 1. The summed E-state index contributed by atoms with van der Waals surface area (Å²) in [5.74, 6) is 0. The number of rotatable bonds is 1. The van der Waals surface area contributed by atoms with E-state index in [1.807, 2.05) is 12.1 Å². The molecular formula is C13H18N6S. The minimum atomic E-state index is 0.690. The molecule has 20 heavy (non-hydrogen) atoms. The highest BCUT2D eigenvalue weighted by Crippen LogP contribution is 2.18. The zero-order chi connectivity index (χ0) is 13.8. The van der Waals surface area contributed by atoms with Crippen molar-refractivity contribution in [3.8, 4) is 0 Å². The summed E-state index contributed by atoms with van der Waals surface area (Å²) in [4.78, 5) is 6.53. The Labute approximate surface area is 123 Å². The second kappa shape index (κ2) is 6.15. The van der Waals surface area contributed by atoms with Crippen LogP contribution in [-0.4, -0.2) is 53.4 Å². The van der Waals surface area contributed by atoms with Gasteiger partial charge in [0.15, 0.2) is 5.11 Å². The molecule has 0 unspecified atom stereocenters. The van der Waals surface area contributed by atoms with Crippen LogP contribution in [0.5, 0.6) is 0 Å². The molecule has 1 aromatic rings. The van der Waals surface area contributed by atoms with Crippen molar-refractivity contribution in [1.29, 1.82) is 0 Å². The average molecular weight is 290 g/mol. The smallest absolute Gasteiger partial charge is 0.189 e. The van der Waals surface area contributed by atoms with Gasteiger partial charge in [-0.2, -0.15) is 5.10 Å². The van der Waals surface area contributed by atoms with Crippen molar-refractivity contribution in [2.75, 3.05) is 38.0 Å². The Morgan fingerprint density at radius 3 is 3.05 bits per heavy atom. The second-order valence-corrected chi connectivity index (χ2v) is 5.18. The van der Waals surface area contributed by atoms with Crippen molar-refractivity contribution in [3.05, 3.63) is 24.0 Å². The number of thiocarbonyl (C=S) groups is 1. The standard InChI is InChI=1S/C13H18N6S/c20-13(19-8-6-14-7-9-19)18-17-11-3-5-15-10-2-1-4-16-12(10)11/h1-2,4,14-15H,3,5-9H2,(H,18,20)/b17-11-. The number of hydrazone groups is 1. The fourth-order valence-electron chi connectivity index (χ4n) is 2.37. The fourth-order valence-corrected chi connectivity index (χ4v) is 2.60. The zero-order valence-electron chi connectivity index (χ0n) is 11.2. The van der Waals surface area contributed by atoms with Crippen molar-refractivity contribution >= 4 is 28.7 Å². The first kappa shape index (κ1) is 13.3. The highest BCUT2D eigenvalue weighted by atomic mass is 32.1. The Balaban J connectivity index is 1.69. The van der Waals surface area contributed by atoms with E-state index < -0.39 is 0 Å². The van der Waals surface area contributed by atoms with Crippen molar-refractivity contribution < 1.29 is 0 Å². The van der Waals surface area contributed by atoms with E-state index in [1.165, 1.54) is 0 Å². The van der Waals surface area contributed by atoms with Gasteiger partial charge in [0, 0.05) is 45.3 Å². The Bertz CT molecular complexity index is 523. The maximum Gasteiger partial charge on any atom is 0.189 e. The number of nitrogens with one attached hydrogen (secondary N) is 3. The van der Waals surface area contributed by atoms with Gasteiger partial charge in [-0.15, -0.1) is 0 Å². The van der Waals surface area contributed by atoms with Crippen LogP contribution in [0.15, 0.2) is 23.4 Å². The third-order valence-electron chi connectivity index (χ3n) is 3.45. The topological polar surface area (TPSA) is 64.6 Å². The van der Waals surface area contributed by atoms with E-state index in [0.717, 1.165) is 56.2 Å². The summed E-state index contributed by atoms with van der Waals surface area (Å²) >= 11 is 5.38. The predicted octanol–water partition coefficient (Wildman–Crippen LogP) is 0.381. The number of fused-ring (bicyclic) bond motifs is 1. The first-order valence-electron chi connectivity index (χ1n) is 6.86. The first-order valence-corrected chi connectivity index (χ1v) is 7.27. The Morgan fingerprint density at radius 1 is 1.35 bits per heavy atom. The summed E-state index contributed by atoms with van der Waals surface area (Å²) in [5.41, 5.74) is 5.91. The number of nitrogens with zero attached hydrogens (tertiary/aromatic N) is 3. The molecule has 0 atom stereocenters. The molecule has 1 fully saturated rings. The van der Waals surface area contributed by atoms with Gasteiger partial charge >= 0.3 is 0 Å². The lowest BCUT2D eigenvalue weighted by Gasteiger charge is -2.29. The molecule has 7 heteroatoms. The molecule has 6 nitrogen and oxygen atoms in total. The maximum absolute atomic E-state index is 5.38. The van der Waals surface area contributed by atoms with E-state index in [0.29, 0.717) is 5.11 Å². The van der Waals surface area contributed by atoms with Gasteiger partial charge < -0.3 is 15.5 Å². The average Bonchev–Trinajstić information content (AvgIpc) is 2.53. The van der Waals surface area contributed by atoms with E-state index in [2.05, 4.69) is 31.0 Å². The molecule has 0 aliphatic carbocycles. The summed E-state index contributed by atoms with van der Waals surface area (Å²) in [6.07, 6.45) is 2.64. The molecular weight excluding hydrogens is 272 g/mol. The molecule has 1 aromatic heterocycles. The first-order chi connectivity index (χ1) is 9.84. The van der Waals surface area contributed by atoms with E-state index in [-0.39, 0.29) is 0 Å². The van der Waals surface area contributed by atoms with Crippen LogP contribution in [0.25, 0.3) is 0 Å². The van der Waals surface area contributed by atoms with Crippen LogP contribution < -0.4 is 16.1 Å². The lowest BCUT2D eigenvalue weighted by atomic mass is 10.1. The van der Waals surface area contributed by atoms with E-state index in [9.17, 15) is 0 Å². The van der Waals surface area contributed by atoms with Gasteiger partial charge in [0.2, 0.25) is 0 Å². The van der Waals surface area contributed by atoms with E-state index in [4.69, 9.17) is 12.2 Å². The van der Waals surface area contributed by atoms with Gasteiger partial charge in [0.25, 0.3) is 0 Å². The van der Waals surface area contributed by atoms with E-state index >= 15 is 0 Å². The van der Waals surface area contributed by atoms with Crippen LogP contribution in [0.4, 0.5) is 5.69 Å².